The van der Waals surface area contributed by atoms with Crippen molar-refractivity contribution in [3.63, 3.8) is 0 Å². The molecule has 0 spiro atoms. The van der Waals surface area contributed by atoms with Gasteiger partial charge in [0.25, 0.3) is 5.91 Å². The number of benzene rings is 2. The van der Waals surface area contributed by atoms with E-state index in [2.05, 4.69) is 0 Å². The van der Waals surface area contributed by atoms with Gasteiger partial charge in [0.15, 0.2) is 11.6 Å². The number of carbonyl (C=O) groups excluding carboxylic acids is 1. The smallest absolute Gasteiger partial charge is 0.253 e. The highest BCUT2D eigenvalue weighted by Gasteiger charge is 2.14. The van der Waals surface area contributed by atoms with E-state index in [9.17, 15) is 13.6 Å². The van der Waals surface area contributed by atoms with Gasteiger partial charge in [-0.3, -0.25) is 4.79 Å². The van der Waals surface area contributed by atoms with Crippen LogP contribution in [0, 0.1) is 11.6 Å². The quantitative estimate of drug-likeness (QED) is 0.820. The predicted molar refractivity (Wildman–Crippen MR) is 81.8 cm³/mol. The van der Waals surface area contributed by atoms with Crippen LogP contribution in [0.2, 0.25) is 0 Å². The normalized spacial score (nSPS) is 10.3. The molecule has 6 heteroatoms. The summed E-state index contributed by atoms with van der Waals surface area (Å²) in [6.07, 6.45) is 0. The van der Waals surface area contributed by atoms with E-state index in [1.54, 1.807) is 7.05 Å². The highest BCUT2D eigenvalue weighted by molar-refractivity contribution is 5.94. The van der Waals surface area contributed by atoms with Gasteiger partial charge < -0.3 is 14.4 Å². The van der Waals surface area contributed by atoms with Crippen LogP contribution < -0.4 is 9.47 Å². The number of likely N-dealkylation sites (N-methyl/N-ethyl adjacent to an activating group) is 1. The molecule has 0 fully saturated rings. The van der Waals surface area contributed by atoms with Crippen LogP contribution in [0.5, 0.6) is 11.5 Å². The largest absolute Gasteiger partial charge is 0.494 e. The highest BCUT2D eigenvalue weighted by atomic mass is 19.1. The molecular formula is C17H17F2NO3. The zero-order chi connectivity index (χ0) is 16.8. The molecule has 0 unspecified atom stereocenters. The number of ether oxygens (including phenoxy) is 2. The van der Waals surface area contributed by atoms with Crippen molar-refractivity contribution in [2.75, 3.05) is 27.3 Å². The van der Waals surface area contributed by atoms with E-state index < -0.39 is 5.82 Å². The van der Waals surface area contributed by atoms with Gasteiger partial charge in [-0.05, 0) is 42.5 Å². The number of methoxy groups -OCH3 is 1. The maximum absolute atomic E-state index is 13.6. The third-order valence-electron chi connectivity index (χ3n) is 3.25. The lowest BCUT2D eigenvalue weighted by atomic mass is 10.2. The van der Waals surface area contributed by atoms with E-state index in [-0.39, 0.29) is 29.6 Å². The maximum atomic E-state index is 13.6. The molecule has 0 atom stereocenters. The van der Waals surface area contributed by atoms with Crippen LogP contribution >= 0.6 is 0 Å². The summed E-state index contributed by atoms with van der Waals surface area (Å²) in [5.74, 6) is -0.652. The van der Waals surface area contributed by atoms with Crippen molar-refractivity contribution in [1.29, 1.82) is 0 Å². The summed E-state index contributed by atoms with van der Waals surface area (Å²) in [5.41, 5.74) is 0.229. The molecule has 2 aromatic rings. The number of nitrogens with zero attached hydrogens (tertiary/aromatic N) is 1. The summed E-state index contributed by atoms with van der Waals surface area (Å²) in [6, 6.07) is 9.66. The fourth-order valence-electron chi connectivity index (χ4n) is 1.95. The molecule has 4 nitrogen and oxygen atoms in total. The highest BCUT2D eigenvalue weighted by Crippen LogP contribution is 2.18. The summed E-state index contributed by atoms with van der Waals surface area (Å²) < 4.78 is 36.6. The lowest BCUT2D eigenvalue weighted by Gasteiger charge is -2.18. The first-order valence-electron chi connectivity index (χ1n) is 6.98. The standard InChI is InChI=1S/C17H17F2NO3/c1-20(9-10-23-14-6-4-13(18)5-7-14)17(21)12-3-8-16(22-2)15(19)11-12/h3-8,11H,9-10H2,1-2H3. The fraction of sp³-hybridized carbons (Fsp3) is 0.235. The van der Waals surface area contributed by atoms with Crippen molar-refractivity contribution in [1.82, 2.24) is 4.90 Å². The molecule has 122 valence electrons. The van der Waals surface area contributed by atoms with E-state index in [1.807, 2.05) is 0 Å². The van der Waals surface area contributed by atoms with Gasteiger partial charge in [0, 0.05) is 12.6 Å². The average Bonchev–Trinajstić information content (AvgIpc) is 2.55. The van der Waals surface area contributed by atoms with E-state index in [4.69, 9.17) is 9.47 Å². The number of carbonyl (C=O) groups is 1. The summed E-state index contributed by atoms with van der Waals surface area (Å²) in [5, 5.41) is 0. The molecule has 0 aliphatic heterocycles. The topological polar surface area (TPSA) is 38.8 Å². The Kier molecular flexibility index (Phi) is 5.51. The minimum atomic E-state index is -0.589. The molecule has 0 aliphatic carbocycles. The minimum Gasteiger partial charge on any atom is -0.494 e. The number of amides is 1. The summed E-state index contributed by atoms with van der Waals surface area (Å²) in [7, 11) is 2.96. The number of hydrogen-bond donors (Lipinski definition) is 0. The Hall–Kier alpha value is -2.63. The van der Waals surface area contributed by atoms with Gasteiger partial charge >= 0.3 is 0 Å². The molecular weight excluding hydrogens is 304 g/mol. The Morgan fingerprint density at radius 2 is 1.83 bits per heavy atom. The second-order valence-electron chi connectivity index (χ2n) is 4.88. The molecule has 2 rings (SSSR count). The van der Waals surface area contributed by atoms with Gasteiger partial charge in [0.2, 0.25) is 0 Å². The van der Waals surface area contributed by atoms with Gasteiger partial charge in [0.1, 0.15) is 18.2 Å². The van der Waals surface area contributed by atoms with Crippen molar-refractivity contribution in [3.8, 4) is 11.5 Å². The average molecular weight is 321 g/mol. The lowest BCUT2D eigenvalue weighted by Crippen LogP contribution is -2.30. The van der Waals surface area contributed by atoms with Crippen LogP contribution in [0.25, 0.3) is 0 Å². The minimum absolute atomic E-state index is 0.0869. The van der Waals surface area contributed by atoms with Gasteiger partial charge in [-0.1, -0.05) is 0 Å². The molecule has 2 aromatic carbocycles. The monoisotopic (exact) mass is 321 g/mol. The summed E-state index contributed by atoms with van der Waals surface area (Å²) in [4.78, 5) is 13.6. The number of rotatable bonds is 6. The van der Waals surface area contributed by atoms with E-state index in [0.29, 0.717) is 12.3 Å². The molecule has 0 saturated heterocycles. The molecule has 0 N–H and O–H groups in total. The number of halogens is 2. The third-order valence-corrected chi connectivity index (χ3v) is 3.25. The molecule has 0 bridgehead atoms. The van der Waals surface area contributed by atoms with Crippen LogP contribution in [0.4, 0.5) is 8.78 Å². The Morgan fingerprint density at radius 1 is 1.13 bits per heavy atom. The van der Waals surface area contributed by atoms with E-state index >= 15 is 0 Å². The van der Waals surface area contributed by atoms with Gasteiger partial charge in [-0.15, -0.1) is 0 Å². The predicted octanol–water partition coefficient (Wildman–Crippen LogP) is 3.12. The third kappa shape index (κ3) is 4.42. The first-order chi connectivity index (χ1) is 11.0. The zero-order valence-corrected chi connectivity index (χ0v) is 12.9. The van der Waals surface area contributed by atoms with Crippen LogP contribution in [-0.4, -0.2) is 38.1 Å². The Labute approximate surface area is 133 Å². The van der Waals surface area contributed by atoms with Gasteiger partial charge in [-0.2, -0.15) is 0 Å². The SMILES string of the molecule is COc1ccc(C(=O)N(C)CCOc2ccc(F)cc2)cc1F. The van der Waals surface area contributed by atoms with Crippen molar-refractivity contribution in [3.05, 3.63) is 59.7 Å². The van der Waals surface area contributed by atoms with Crippen LogP contribution in [0.3, 0.4) is 0 Å². The van der Waals surface area contributed by atoms with Gasteiger partial charge in [0.05, 0.1) is 13.7 Å². The molecule has 0 saturated carbocycles. The molecule has 0 heterocycles. The van der Waals surface area contributed by atoms with Crippen LogP contribution in [0.15, 0.2) is 42.5 Å². The summed E-state index contributed by atoms with van der Waals surface area (Å²) in [6.45, 7) is 0.552. The molecule has 1 amide bonds. The molecule has 0 aliphatic rings. The second kappa shape index (κ2) is 7.58. The van der Waals surface area contributed by atoms with E-state index in [0.717, 1.165) is 6.07 Å². The number of hydrogen-bond acceptors (Lipinski definition) is 3. The van der Waals surface area contributed by atoms with Crippen LogP contribution in [0.1, 0.15) is 10.4 Å². The van der Waals surface area contributed by atoms with Crippen molar-refractivity contribution in [2.24, 2.45) is 0 Å². The fourth-order valence-corrected chi connectivity index (χ4v) is 1.95. The molecule has 0 aromatic heterocycles. The first-order valence-corrected chi connectivity index (χ1v) is 6.98. The molecule has 0 radical (unpaired) electrons. The Balaban J connectivity index is 1.89. The van der Waals surface area contributed by atoms with Crippen LogP contribution in [-0.2, 0) is 0 Å². The first kappa shape index (κ1) is 16.7. The second-order valence-corrected chi connectivity index (χ2v) is 4.88. The summed E-state index contributed by atoms with van der Waals surface area (Å²) >= 11 is 0. The molecule has 23 heavy (non-hydrogen) atoms. The Morgan fingerprint density at radius 3 is 2.43 bits per heavy atom. The van der Waals surface area contributed by atoms with E-state index in [1.165, 1.54) is 48.4 Å². The van der Waals surface area contributed by atoms with Crippen molar-refractivity contribution < 1.29 is 23.0 Å². The maximum Gasteiger partial charge on any atom is 0.253 e. The van der Waals surface area contributed by atoms with Crippen molar-refractivity contribution in [2.45, 2.75) is 0 Å². The Bertz CT molecular complexity index is 674. The van der Waals surface area contributed by atoms with Gasteiger partial charge in [-0.25, -0.2) is 8.78 Å². The lowest BCUT2D eigenvalue weighted by molar-refractivity contribution is 0.0773. The van der Waals surface area contributed by atoms with Crippen molar-refractivity contribution >= 4 is 5.91 Å². The zero-order valence-electron chi connectivity index (χ0n) is 12.9.